The molecule has 112 valence electrons. The lowest BCUT2D eigenvalue weighted by molar-refractivity contribution is -0.121. The van der Waals surface area contributed by atoms with Crippen molar-refractivity contribution < 1.29 is 19.4 Å². The van der Waals surface area contributed by atoms with Gasteiger partial charge in [-0.1, -0.05) is 0 Å². The smallest absolute Gasteiger partial charge is 0.407 e. The Bertz CT molecular complexity index is 285. The number of carbonyl (C=O) groups excluding carboxylic acids is 2. The molecule has 0 aliphatic carbocycles. The number of carbonyl (C=O) groups is 2. The molecule has 6 heteroatoms. The van der Waals surface area contributed by atoms with Crippen LogP contribution in [-0.4, -0.2) is 41.9 Å². The molecule has 0 aliphatic heterocycles. The Labute approximate surface area is 114 Å². The van der Waals surface area contributed by atoms with Gasteiger partial charge in [-0.2, -0.15) is 0 Å². The summed E-state index contributed by atoms with van der Waals surface area (Å²) >= 11 is 0. The number of amides is 2. The fourth-order valence-electron chi connectivity index (χ4n) is 1.25. The second kappa shape index (κ2) is 8.74. The molecule has 0 saturated carbocycles. The lowest BCUT2D eigenvalue weighted by Gasteiger charge is -2.19. The van der Waals surface area contributed by atoms with Gasteiger partial charge in [0.05, 0.1) is 6.10 Å². The van der Waals surface area contributed by atoms with Gasteiger partial charge in [-0.25, -0.2) is 4.79 Å². The minimum atomic E-state index is -0.501. The molecule has 3 N–H and O–H groups in total. The Morgan fingerprint density at radius 3 is 2.32 bits per heavy atom. The van der Waals surface area contributed by atoms with Crippen molar-refractivity contribution in [3.8, 4) is 0 Å². The lowest BCUT2D eigenvalue weighted by Crippen LogP contribution is -2.34. The van der Waals surface area contributed by atoms with E-state index in [0.717, 1.165) is 0 Å². The van der Waals surface area contributed by atoms with Gasteiger partial charge in [0.1, 0.15) is 5.60 Å². The van der Waals surface area contributed by atoms with Gasteiger partial charge in [0.2, 0.25) is 5.91 Å². The third-order valence-corrected chi connectivity index (χ3v) is 2.13. The highest BCUT2D eigenvalue weighted by Gasteiger charge is 2.15. The number of rotatable bonds is 7. The number of hydrogen-bond donors (Lipinski definition) is 3. The normalized spacial score (nSPS) is 12.7. The molecule has 0 aliphatic rings. The number of nitrogens with one attached hydrogen (secondary N) is 2. The van der Waals surface area contributed by atoms with E-state index in [9.17, 15) is 9.59 Å². The molecule has 6 nitrogen and oxygen atoms in total. The summed E-state index contributed by atoms with van der Waals surface area (Å²) < 4.78 is 5.07. The van der Waals surface area contributed by atoms with Crippen molar-refractivity contribution in [2.45, 2.75) is 58.7 Å². The van der Waals surface area contributed by atoms with Gasteiger partial charge in [0.15, 0.2) is 0 Å². The largest absolute Gasteiger partial charge is 0.444 e. The quantitative estimate of drug-likeness (QED) is 0.608. The summed E-state index contributed by atoms with van der Waals surface area (Å²) in [6.07, 6.45) is 0.506. The van der Waals surface area contributed by atoms with Gasteiger partial charge >= 0.3 is 6.09 Å². The SMILES string of the molecule is CC(O)CCC(=O)NCCCNC(=O)OC(C)(C)C. The fraction of sp³-hybridized carbons (Fsp3) is 0.846. The van der Waals surface area contributed by atoms with Crippen LogP contribution in [-0.2, 0) is 9.53 Å². The maximum Gasteiger partial charge on any atom is 0.407 e. The van der Waals surface area contributed by atoms with Gasteiger partial charge in [-0.3, -0.25) is 4.79 Å². The molecule has 0 aromatic heterocycles. The minimum Gasteiger partial charge on any atom is -0.444 e. The second-order valence-electron chi connectivity index (χ2n) is 5.52. The zero-order valence-electron chi connectivity index (χ0n) is 12.3. The number of alkyl carbamates (subject to hydrolysis) is 1. The van der Waals surface area contributed by atoms with E-state index >= 15 is 0 Å². The van der Waals surface area contributed by atoms with Crippen LogP contribution in [0.2, 0.25) is 0 Å². The van der Waals surface area contributed by atoms with Crippen molar-refractivity contribution in [2.75, 3.05) is 13.1 Å². The molecule has 0 rings (SSSR count). The highest BCUT2D eigenvalue weighted by atomic mass is 16.6. The van der Waals surface area contributed by atoms with E-state index in [1.165, 1.54) is 0 Å². The van der Waals surface area contributed by atoms with Crippen molar-refractivity contribution >= 4 is 12.0 Å². The summed E-state index contributed by atoms with van der Waals surface area (Å²) in [7, 11) is 0. The summed E-state index contributed by atoms with van der Waals surface area (Å²) in [5.41, 5.74) is -0.501. The van der Waals surface area contributed by atoms with Crippen LogP contribution < -0.4 is 10.6 Å². The number of ether oxygens (including phenoxy) is 1. The van der Waals surface area contributed by atoms with Gasteiger partial charge in [-0.05, 0) is 40.5 Å². The summed E-state index contributed by atoms with van der Waals surface area (Å²) in [5, 5.41) is 14.4. The molecular formula is C13H26N2O4. The first-order chi connectivity index (χ1) is 8.70. The molecule has 19 heavy (non-hydrogen) atoms. The topological polar surface area (TPSA) is 87.7 Å². The highest BCUT2D eigenvalue weighted by molar-refractivity contribution is 5.75. The molecule has 0 saturated heterocycles. The van der Waals surface area contributed by atoms with Crippen LogP contribution >= 0.6 is 0 Å². The first kappa shape index (κ1) is 17.7. The van der Waals surface area contributed by atoms with Crippen molar-refractivity contribution in [1.29, 1.82) is 0 Å². The van der Waals surface area contributed by atoms with Gasteiger partial charge in [0.25, 0.3) is 0 Å². The molecule has 1 unspecified atom stereocenters. The first-order valence-corrected chi connectivity index (χ1v) is 6.62. The molecule has 0 bridgehead atoms. The number of hydrogen-bond acceptors (Lipinski definition) is 4. The average molecular weight is 274 g/mol. The Balaban J connectivity index is 3.50. The monoisotopic (exact) mass is 274 g/mol. The number of aliphatic hydroxyl groups is 1. The van der Waals surface area contributed by atoms with Crippen molar-refractivity contribution in [3.05, 3.63) is 0 Å². The standard InChI is InChI=1S/C13H26N2O4/c1-10(16)6-7-11(17)14-8-5-9-15-12(18)19-13(2,3)4/h10,16H,5-9H2,1-4H3,(H,14,17)(H,15,18). The van der Waals surface area contributed by atoms with E-state index in [4.69, 9.17) is 9.84 Å². The van der Waals surface area contributed by atoms with E-state index < -0.39 is 17.8 Å². The average Bonchev–Trinajstić information content (AvgIpc) is 2.23. The summed E-state index contributed by atoms with van der Waals surface area (Å²) in [5.74, 6) is -0.0850. The van der Waals surface area contributed by atoms with Crippen LogP contribution in [0, 0.1) is 0 Å². The third kappa shape index (κ3) is 12.9. The van der Waals surface area contributed by atoms with E-state index in [2.05, 4.69) is 10.6 Å². The Morgan fingerprint density at radius 1 is 1.21 bits per heavy atom. The van der Waals surface area contributed by atoms with Crippen LogP contribution in [0.25, 0.3) is 0 Å². The summed E-state index contributed by atoms with van der Waals surface area (Å²) in [6, 6.07) is 0. The third-order valence-electron chi connectivity index (χ3n) is 2.13. The Hall–Kier alpha value is -1.30. The molecule has 0 spiro atoms. The second-order valence-corrected chi connectivity index (χ2v) is 5.52. The minimum absolute atomic E-state index is 0.0850. The van der Waals surface area contributed by atoms with Crippen molar-refractivity contribution in [1.82, 2.24) is 10.6 Å². The van der Waals surface area contributed by atoms with Gasteiger partial charge in [-0.15, -0.1) is 0 Å². The zero-order chi connectivity index (χ0) is 14.9. The predicted octanol–water partition coefficient (Wildman–Crippen LogP) is 1.18. The first-order valence-electron chi connectivity index (χ1n) is 6.62. The molecular weight excluding hydrogens is 248 g/mol. The van der Waals surface area contributed by atoms with E-state index in [0.29, 0.717) is 32.4 Å². The highest BCUT2D eigenvalue weighted by Crippen LogP contribution is 2.06. The summed E-state index contributed by atoms with van der Waals surface area (Å²) in [6.45, 7) is 8.00. The molecule has 0 heterocycles. The Morgan fingerprint density at radius 2 is 1.79 bits per heavy atom. The molecule has 0 fully saturated rings. The molecule has 0 aromatic rings. The zero-order valence-corrected chi connectivity index (χ0v) is 12.3. The summed E-state index contributed by atoms with van der Waals surface area (Å²) in [4.78, 5) is 22.6. The maximum absolute atomic E-state index is 11.3. The molecule has 0 aromatic carbocycles. The lowest BCUT2D eigenvalue weighted by atomic mass is 10.2. The molecule has 0 radical (unpaired) electrons. The van der Waals surface area contributed by atoms with Crippen LogP contribution in [0.4, 0.5) is 4.79 Å². The van der Waals surface area contributed by atoms with Crippen LogP contribution in [0.15, 0.2) is 0 Å². The Kier molecular flexibility index (Phi) is 8.14. The molecule has 2 amide bonds. The maximum atomic E-state index is 11.3. The van der Waals surface area contributed by atoms with E-state index in [1.807, 2.05) is 0 Å². The van der Waals surface area contributed by atoms with Gasteiger partial charge in [0, 0.05) is 19.5 Å². The molecule has 1 atom stereocenters. The van der Waals surface area contributed by atoms with Crippen LogP contribution in [0.5, 0.6) is 0 Å². The van der Waals surface area contributed by atoms with Crippen LogP contribution in [0.1, 0.15) is 47.0 Å². The number of aliphatic hydroxyl groups excluding tert-OH is 1. The van der Waals surface area contributed by atoms with Crippen molar-refractivity contribution in [3.63, 3.8) is 0 Å². The van der Waals surface area contributed by atoms with Crippen molar-refractivity contribution in [2.24, 2.45) is 0 Å². The van der Waals surface area contributed by atoms with E-state index in [1.54, 1.807) is 27.7 Å². The van der Waals surface area contributed by atoms with E-state index in [-0.39, 0.29) is 5.91 Å². The fourth-order valence-corrected chi connectivity index (χ4v) is 1.25. The van der Waals surface area contributed by atoms with Gasteiger partial charge < -0.3 is 20.5 Å². The predicted molar refractivity (Wildman–Crippen MR) is 72.8 cm³/mol. The van der Waals surface area contributed by atoms with Crippen LogP contribution in [0.3, 0.4) is 0 Å².